The van der Waals surface area contributed by atoms with Gasteiger partial charge in [0.15, 0.2) is 0 Å². The summed E-state index contributed by atoms with van der Waals surface area (Å²) in [6.07, 6.45) is 0. The van der Waals surface area contributed by atoms with E-state index in [2.05, 4.69) is 15.9 Å². The van der Waals surface area contributed by atoms with E-state index < -0.39 is 17.7 Å². The highest BCUT2D eigenvalue weighted by Gasteiger charge is 2.22. The number of carboxylic acid groups (broad SMARTS) is 1. The Labute approximate surface area is 88.3 Å². The Balaban J connectivity index is 3.32. The fraction of sp³-hybridized carbons (Fsp3) is 0.222. The van der Waals surface area contributed by atoms with Gasteiger partial charge in [0.25, 0.3) is 0 Å². The number of carboxylic acids is 1. The summed E-state index contributed by atoms with van der Waals surface area (Å²) in [6.45, 7) is 1.35. The van der Waals surface area contributed by atoms with Gasteiger partial charge in [0.1, 0.15) is 11.6 Å². The molecule has 14 heavy (non-hydrogen) atoms. The van der Waals surface area contributed by atoms with Crippen molar-refractivity contribution in [3.63, 3.8) is 0 Å². The minimum atomic E-state index is -1.14. The number of hydrogen-bond acceptors (Lipinski definition) is 2. The highest BCUT2D eigenvalue weighted by molar-refractivity contribution is 9.10. The Kier molecular flexibility index (Phi) is 3.10. The minimum Gasteiger partial charge on any atom is -0.507 e. The molecule has 0 saturated heterocycles. The van der Waals surface area contributed by atoms with E-state index >= 15 is 0 Å². The molecule has 0 heterocycles. The van der Waals surface area contributed by atoms with Crippen molar-refractivity contribution in [2.45, 2.75) is 12.8 Å². The lowest BCUT2D eigenvalue weighted by Gasteiger charge is -2.11. The number of phenolic OH excluding ortho intramolecular Hbond substituents is 1. The molecule has 0 fully saturated rings. The van der Waals surface area contributed by atoms with Crippen LogP contribution < -0.4 is 0 Å². The van der Waals surface area contributed by atoms with Crippen molar-refractivity contribution in [3.8, 4) is 5.75 Å². The molecule has 2 N–H and O–H groups in total. The molecule has 3 nitrogen and oxygen atoms in total. The Morgan fingerprint density at radius 3 is 2.64 bits per heavy atom. The van der Waals surface area contributed by atoms with E-state index in [1.165, 1.54) is 6.92 Å². The van der Waals surface area contributed by atoms with Crippen LogP contribution in [-0.2, 0) is 4.79 Å². The molecule has 0 amide bonds. The molecule has 0 aliphatic carbocycles. The van der Waals surface area contributed by atoms with Gasteiger partial charge in [0.2, 0.25) is 0 Å². The topological polar surface area (TPSA) is 57.5 Å². The van der Waals surface area contributed by atoms with E-state index in [9.17, 15) is 14.3 Å². The number of phenols is 1. The maximum Gasteiger partial charge on any atom is 0.310 e. The molecular formula is C9H8BrFO3. The number of aromatic hydroxyl groups is 1. The summed E-state index contributed by atoms with van der Waals surface area (Å²) in [5.41, 5.74) is -0.0440. The molecule has 1 unspecified atom stereocenters. The van der Waals surface area contributed by atoms with Gasteiger partial charge in [-0.1, -0.05) is 0 Å². The van der Waals surface area contributed by atoms with Crippen LogP contribution in [0.2, 0.25) is 0 Å². The third-order valence-electron chi connectivity index (χ3n) is 1.91. The molecule has 0 bridgehead atoms. The first-order chi connectivity index (χ1) is 6.45. The molecular weight excluding hydrogens is 255 g/mol. The lowest BCUT2D eigenvalue weighted by atomic mass is 10.0. The van der Waals surface area contributed by atoms with Crippen molar-refractivity contribution in [2.75, 3.05) is 0 Å². The third-order valence-corrected chi connectivity index (χ3v) is 2.74. The number of rotatable bonds is 2. The fourth-order valence-corrected chi connectivity index (χ4v) is 1.74. The van der Waals surface area contributed by atoms with Gasteiger partial charge in [0, 0.05) is 5.56 Å². The van der Waals surface area contributed by atoms with E-state index in [0.717, 1.165) is 12.1 Å². The first-order valence-electron chi connectivity index (χ1n) is 3.84. The molecule has 0 aliphatic heterocycles. The van der Waals surface area contributed by atoms with Gasteiger partial charge in [-0.3, -0.25) is 4.79 Å². The van der Waals surface area contributed by atoms with E-state index in [1.807, 2.05) is 0 Å². The van der Waals surface area contributed by atoms with Crippen molar-refractivity contribution in [1.29, 1.82) is 0 Å². The van der Waals surface area contributed by atoms with Crippen LogP contribution in [0.4, 0.5) is 4.39 Å². The maximum absolute atomic E-state index is 13.2. The Morgan fingerprint density at radius 1 is 1.57 bits per heavy atom. The predicted molar refractivity (Wildman–Crippen MR) is 51.8 cm³/mol. The molecule has 76 valence electrons. The zero-order chi connectivity index (χ0) is 10.9. The van der Waals surface area contributed by atoms with Crippen LogP contribution in [0.15, 0.2) is 16.6 Å². The van der Waals surface area contributed by atoms with Crippen LogP contribution in [0.25, 0.3) is 0 Å². The summed E-state index contributed by atoms with van der Waals surface area (Å²) in [7, 11) is 0. The number of hydrogen-bond donors (Lipinski definition) is 2. The van der Waals surface area contributed by atoms with Crippen molar-refractivity contribution < 1.29 is 19.4 Å². The second-order valence-corrected chi connectivity index (χ2v) is 3.65. The molecule has 1 atom stereocenters. The lowest BCUT2D eigenvalue weighted by Crippen LogP contribution is -2.10. The van der Waals surface area contributed by atoms with Crippen molar-refractivity contribution in [1.82, 2.24) is 0 Å². The van der Waals surface area contributed by atoms with E-state index in [-0.39, 0.29) is 15.8 Å². The van der Waals surface area contributed by atoms with E-state index in [4.69, 9.17) is 5.11 Å². The first-order valence-corrected chi connectivity index (χ1v) is 4.64. The number of halogens is 2. The lowest BCUT2D eigenvalue weighted by molar-refractivity contribution is -0.138. The molecule has 0 radical (unpaired) electrons. The molecule has 5 heteroatoms. The van der Waals surface area contributed by atoms with E-state index in [0.29, 0.717) is 0 Å². The summed E-state index contributed by atoms with van der Waals surface area (Å²) in [5.74, 6) is -2.97. The predicted octanol–water partition coefficient (Wildman–Crippen LogP) is 2.48. The largest absolute Gasteiger partial charge is 0.507 e. The molecule has 0 aliphatic rings. The van der Waals surface area contributed by atoms with Crippen LogP contribution in [-0.4, -0.2) is 16.2 Å². The summed E-state index contributed by atoms with van der Waals surface area (Å²) in [4.78, 5) is 10.6. The SMILES string of the molecule is CC(C(=O)O)c1c(F)ccc(O)c1Br. The second kappa shape index (κ2) is 3.96. The summed E-state index contributed by atoms with van der Waals surface area (Å²) in [6, 6.07) is 2.20. The summed E-state index contributed by atoms with van der Waals surface area (Å²) < 4.78 is 13.3. The van der Waals surface area contributed by atoms with Crippen LogP contribution in [0, 0.1) is 5.82 Å². The van der Waals surface area contributed by atoms with Crippen molar-refractivity contribution in [3.05, 3.63) is 28.0 Å². The average Bonchev–Trinajstić information content (AvgIpc) is 2.12. The zero-order valence-corrected chi connectivity index (χ0v) is 8.88. The molecule has 0 saturated carbocycles. The van der Waals surface area contributed by atoms with Gasteiger partial charge < -0.3 is 10.2 Å². The summed E-state index contributed by atoms with van der Waals surface area (Å²) in [5, 5.41) is 18.0. The number of carbonyl (C=O) groups is 1. The third kappa shape index (κ3) is 1.87. The molecule has 1 aromatic carbocycles. The normalized spacial score (nSPS) is 12.5. The van der Waals surface area contributed by atoms with E-state index in [1.54, 1.807) is 0 Å². The monoisotopic (exact) mass is 262 g/mol. The average molecular weight is 263 g/mol. The minimum absolute atomic E-state index is 0.0440. The maximum atomic E-state index is 13.2. The first kappa shape index (κ1) is 11.0. The van der Waals surface area contributed by atoms with Crippen molar-refractivity contribution >= 4 is 21.9 Å². The van der Waals surface area contributed by atoms with Crippen LogP contribution in [0.5, 0.6) is 5.75 Å². The van der Waals surface area contributed by atoms with Gasteiger partial charge in [-0.25, -0.2) is 4.39 Å². The summed E-state index contributed by atoms with van der Waals surface area (Å²) >= 11 is 2.95. The highest BCUT2D eigenvalue weighted by Crippen LogP contribution is 2.34. The Hall–Kier alpha value is -1.10. The van der Waals surface area contributed by atoms with Gasteiger partial charge in [-0.2, -0.15) is 0 Å². The molecule has 1 rings (SSSR count). The van der Waals surface area contributed by atoms with Crippen LogP contribution in [0.1, 0.15) is 18.4 Å². The number of benzene rings is 1. The number of aliphatic carboxylic acids is 1. The van der Waals surface area contributed by atoms with Crippen LogP contribution >= 0.6 is 15.9 Å². The van der Waals surface area contributed by atoms with Gasteiger partial charge >= 0.3 is 5.97 Å². The second-order valence-electron chi connectivity index (χ2n) is 2.85. The van der Waals surface area contributed by atoms with Crippen molar-refractivity contribution in [2.24, 2.45) is 0 Å². The zero-order valence-electron chi connectivity index (χ0n) is 7.29. The molecule has 0 spiro atoms. The highest BCUT2D eigenvalue weighted by atomic mass is 79.9. The molecule has 0 aromatic heterocycles. The smallest absolute Gasteiger partial charge is 0.310 e. The Bertz CT molecular complexity index is 379. The quantitative estimate of drug-likeness (QED) is 0.861. The van der Waals surface area contributed by atoms with Crippen LogP contribution in [0.3, 0.4) is 0 Å². The fourth-order valence-electron chi connectivity index (χ4n) is 1.08. The molecule has 1 aromatic rings. The van der Waals surface area contributed by atoms with Gasteiger partial charge in [-0.15, -0.1) is 0 Å². The standard InChI is InChI=1S/C9H8BrFO3/c1-4(9(13)14)7-5(11)2-3-6(12)8(7)10/h2-4,12H,1H3,(H,13,14). The van der Waals surface area contributed by atoms with Gasteiger partial charge in [-0.05, 0) is 35.0 Å². The Morgan fingerprint density at radius 2 is 2.14 bits per heavy atom. The van der Waals surface area contributed by atoms with Gasteiger partial charge in [0.05, 0.1) is 10.4 Å².